The van der Waals surface area contributed by atoms with E-state index in [0.717, 1.165) is 5.92 Å². The Morgan fingerprint density at radius 1 is 1.20 bits per heavy atom. The molecule has 3 heteroatoms. The average molecular weight is 273 g/mol. The van der Waals surface area contributed by atoms with Crippen molar-refractivity contribution in [2.75, 3.05) is 0 Å². The van der Waals surface area contributed by atoms with Gasteiger partial charge in [-0.3, -0.25) is 0 Å². The Balaban J connectivity index is 1.83. The van der Waals surface area contributed by atoms with E-state index in [1.165, 1.54) is 44.2 Å². The van der Waals surface area contributed by atoms with Crippen LogP contribution in [-0.2, 0) is 5.54 Å². The first-order valence-electron chi connectivity index (χ1n) is 8.12. The van der Waals surface area contributed by atoms with Crippen LogP contribution in [0.3, 0.4) is 0 Å². The Morgan fingerprint density at radius 3 is 2.40 bits per heavy atom. The van der Waals surface area contributed by atoms with Crippen molar-refractivity contribution in [3.63, 3.8) is 0 Å². The summed E-state index contributed by atoms with van der Waals surface area (Å²) < 4.78 is 2.47. The van der Waals surface area contributed by atoms with Crippen molar-refractivity contribution in [1.82, 2.24) is 9.55 Å². The summed E-state index contributed by atoms with van der Waals surface area (Å²) in [6, 6.07) is 0.0751. The zero-order chi connectivity index (χ0) is 14.2. The van der Waals surface area contributed by atoms with Crippen molar-refractivity contribution < 1.29 is 0 Å². The smallest absolute Gasteiger partial charge is 0.0953 e. The number of aromatic nitrogens is 2. The van der Waals surface area contributed by atoms with Crippen LogP contribution in [0.25, 0.3) is 0 Å². The van der Waals surface area contributed by atoms with E-state index in [1.807, 2.05) is 6.20 Å². The summed E-state index contributed by atoms with van der Waals surface area (Å²) in [5.41, 5.74) is 8.77. The second kappa shape index (κ2) is 3.68. The van der Waals surface area contributed by atoms with Crippen molar-refractivity contribution in [2.24, 2.45) is 22.5 Å². The number of nitrogens with zero attached hydrogens (tertiary/aromatic N) is 2. The summed E-state index contributed by atoms with van der Waals surface area (Å²) in [4.78, 5) is 4.43. The van der Waals surface area contributed by atoms with Crippen molar-refractivity contribution in [2.45, 2.75) is 70.9 Å². The molecule has 3 nitrogen and oxygen atoms in total. The highest BCUT2D eigenvalue weighted by atomic mass is 15.1. The van der Waals surface area contributed by atoms with Gasteiger partial charge in [-0.05, 0) is 62.2 Å². The highest BCUT2D eigenvalue weighted by Gasteiger charge is 2.61. The van der Waals surface area contributed by atoms with E-state index in [2.05, 4.69) is 36.6 Å². The van der Waals surface area contributed by atoms with E-state index < -0.39 is 0 Å². The highest BCUT2D eigenvalue weighted by Crippen LogP contribution is 2.68. The van der Waals surface area contributed by atoms with Gasteiger partial charge in [0, 0.05) is 17.8 Å². The van der Waals surface area contributed by atoms with Gasteiger partial charge in [0.1, 0.15) is 0 Å². The van der Waals surface area contributed by atoms with Crippen LogP contribution < -0.4 is 5.73 Å². The molecule has 110 valence electrons. The molecule has 4 aliphatic carbocycles. The van der Waals surface area contributed by atoms with Crippen molar-refractivity contribution in [3.8, 4) is 0 Å². The Labute approximate surface area is 122 Å². The topological polar surface area (TPSA) is 43.8 Å². The quantitative estimate of drug-likeness (QED) is 0.894. The lowest BCUT2D eigenvalue weighted by molar-refractivity contribution is -0.136. The SMILES string of the molecule is C[C@H](N)c1cncn1C12CC3CC(C)(CC(C)(C3)C1)C2. The molecule has 4 saturated carbocycles. The van der Waals surface area contributed by atoms with Gasteiger partial charge in [0.15, 0.2) is 0 Å². The molecule has 3 atom stereocenters. The fraction of sp³-hybridized carbons (Fsp3) is 0.824. The predicted molar refractivity (Wildman–Crippen MR) is 80.2 cm³/mol. The molecule has 0 aromatic carbocycles. The van der Waals surface area contributed by atoms with Crippen LogP contribution in [-0.4, -0.2) is 9.55 Å². The Hall–Kier alpha value is -0.830. The van der Waals surface area contributed by atoms with E-state index in [-0.39, 0.29) is 6.04 Å². The maximum atomic E-state index is 6.18. The van der Waals surface area contributed by atoms with Crippen LogP contribution in [0.5, 0.6) is 0 Å². The summed E-state index contributed by atoms with van der Waals surface area (Å²) in [6.07, 6.45) is 12.3. The van der Waals surface area contributed by atoms with Gasteiger partial charge >= 0.3 is 0 Å². The zero-order valence-electron chi connectivity index (χ0n) is 13.0. The normalized spacial score (nSPS) is 47.7. The molecule has 0 radical (unpaired) electrons. The molecule has 1 aromatic rings. The maximum Gasteiger partial charge on any atom is 0.0953 e. The Morgan fingerprint density at radius 2 is 1.85 bits per heavy atom. The minimum absolute atomic E-state index is 0.0751. The van der Waals surface area contributed by atoms with Gasteiger partial charge in [-0.1, -0.05) is 13.8 Å². The highest BCUT2D eigenvalue weighted by molar-refractivity contribution is 5.17. The third-order valence-corrected chi connectivity index (χ3v) is 6.24. The van der Waals surface area contributed by atoms with Crippen molar-refractivity contribution in [1.29, 1.82) is 0 Å². The summed E-state index contributed by atoms with van der Waals surface area (Å²) >= 11 is 0. The van der Waals surface area contributed by atoms with Gasteiger partial charge < -0.3 is 10.3 Å². The number of hydrogen-bond donors (Lipinski definition) is 1. The molecule has 0 amide bonds. The van der Waals surface area contributed by atoms with Crippen LogP contribution in [0.4, 0.5) is 0 Å². The van der Waals surface area contributed by atoms with Crippen LogP contribution in [0.1, 0.15) is 71.0 Å². The minimum atomic E-state index is 0.0751. The maximum absolute atomic E-state index is 6.18. The summed E-state index contributed by atoms with van der Waals surface area (Å²) in [5, 5.41) is 0. The number of rotatable bonds is 2. The number of nitrogens with two attached hydrogens (primary N) is 1. The predicted octanol–water partition coefficient (Wildman–Crippen LogP) is 3.61. The van der Waals surface area contributed by atoms with E-state index in [1.54, 1.807) is 0 Å². The van der Waals surface area contributed by atoms with E-state index in [9.17, 15) is 0 Å². The molecule has 5 rings (SSSR count). The molecule has 0 saturated heterocycles. The summed E-state index contributed by atoms with van der Waals surface area (Å²) in [5.74, 6) is 0.907. The second-order valence-electron chi connectivity index (χ2n) is 8.83. The molecule has 4 aliphatic rings. The van der Waals surface area contributed by atoms with Crippen LogP contribution in [0.2, 0.25) is 0 Å². The van der Waals surface area contributed by atoms with Gasteiger partial charge in [-0.2, -0.15) is 0 Å². The first-order chi connectivity index (χ1) is 9.33. The fourth-order valence-electron chi connectivity index (χ4n) is 6.69. The molecule has 1 heterocycles. The van der Waals surface area contributed by atoms with Gasteiger partial charge in [-0.15, -0.1) is 0 Å². The van der Waals surface area contributed by atoms with Gasteiger partial charge in [0.2, 0.25) is 0 Å². The van der Waals surface area contributed by atoms with Crippen LogP contribution in [0, 0.1) is 16.7 Å². The largest absolute Gasteiger partial charge is 0.327 e. The van der Waals surface area contributed by atoms with E-state index >= 15 is 0 Å². The van der Waals surface area contributed by atoms with E-state index in [0.29, 0.717) is 16.4 Å². The minimum Gasteiger partial charge on any atom is -0.327 e. The monoisotopic (exact) mass is 273 g/mol. The number of imidazole rings is 1. The first-order valence-corrected chi connectivity index (χ1v) is 8.12. The lowest BCUT2D eigenvalue weighted by atomic mass is 9.42. The van der Waals surface area contributed by atoms with Crippen molar-refractivity contribution in [3.05, 3.63) is 18.2 Å². The first kappa shape index (κ1) is 12.9. The standard InChI is InChI=1S/C17H27N3/c1-12(18)14-7-19-11-20(14)17-6-13-4-15(2,9-17)8-16(3,5-13)10-17/h7,11-13H,4-6,8-10,18H2,1-3H3/t12-,13?,15?,16?,17?/m0/s1. The molecule has 0 spiro atoms. The zero-order valence-corrected chi connectivity index (χ0v) is 13.0. The van der Waals surface area contributed by atoms with E-state index in [4.69, 9.17) is 5.73 Å². The molecule has 2 unspecified atom stereocenters. The van der Waals surface area contributed by atoms with Gasteiger partial charge in [-0.25, -0.2) is 4.98 Å². The molecular formula is C17H27N3. The van der Waals surface area contributed by atoms with Crippen LogP contribution >= 0.6 is 0 Å². The van der Waals surface area contributed by atoms with Crippen LogP contribution in [0.15, 0.2) is 12.5 Å². The molecule has 4 bridgehead atoms. The van der Waals surface area contributed by atoms with Crippen molar-refractivity contribution >= 4 is 0 Å². The fourth-order valence-corrected chi connectivity index (χ4v) is 6.69. The Kier molecular flexibility index (Phi) is 2.37. The number of hydrogen-bond acceptors (Lipinski definition) is 2. The molecule has 1 aromatic heterocycles. The second-order valence-corrected chi connectivity index (χ2v) is 8.83. The third kappa shape index (κ3) is 1.65. The molecule has 0 aliphatic heterocycles. The molecule has 4 fully saturated rings. The lowest BCUT2D eigenvalue weighted by Gasteiger charge is -2.65. The molecular weight excluding hydrogens is 246 g/mol. The third-order valence-electron chi connectivity index (χ3n) is 6.24. The lowest BCUT2D eigenvalue weighted by Crippen LogP contribution is -2.59. The summed E-state index contributed by atoms with van der Waals surface area (Å²) in [7, 11) is 0. The Bertz CT molecular complexity index is 526. The van der Waals surface area contributed by atoms with Gasteiger partial charge in [0.05, 0.1) is 12.0 Å². The molecule has 20 heavy (non-hydrogen) atoms. The molecule has 2 N–H and O–H groups in total. The average Bonchev–Trinajstić information content (AvgIpc) is 2.72. The van der Waals surface area contributed by atoms with Gasteiger partial charge in [0.25, 0.3) is 0 Å². The summed E-state index contributed by atoms with van der Waals surface area (Å²) in [6.45, 7) is 7.12.